The fraction of sp³-hybridized carbons (Fsp3) is 0.188. The van der Waals surface area contributed by atoms with E-state index in [-0.39, 0.29) is 0 Å². The molecule has 5 nitrogen and oxygen atoms in total. The summed E-state index contributed by atoms with van der Waals surface area (Å²) < 4.78 is 24.9. The molecule has 2 aromatic rings. The lowest BCUT2D eigenvalue weighted by Crippen LogP contribution is -2.09. The standard InChI is InChI=1S/C16H17NO4S/c1-22(20,21)17-14-7-4-5-12(11-14)9-10-13-6-2-3-8-15(13)16(18)19/h2-8,11,17H,9-10H2,1H3,(H,18,19). The first-order valence-electron chi connectivity index (χ1n) is 6.73. The molecule has 116 valence electrons. The van der Waals surface area contributed by atoms with Gasteiger partial charge in [0, 0.05) is 5.69 Å². The predicted molar refractivity (Wildman–Crippen MR) is 85.7 cm³/mol. The third-order valence-corrected chi connectivity index (χ3v) is 3.77. The number of rotatable bonds is 6. The van der Waals surface area contributed by atoms with Crippen LogP contribution in [-0.2, 0) is 22.9 Å². The van der Waals surface area contributed by atoms with Crippen LogP contribution in [-0.4, -0.2) is 25.7 Å². The normalized spacial score (nSPS) is 11.1. The molecular weight excluding hydrogens is 302 g/mol. The average molecular weight is 319 g/mol. The molecule has 22 heavy (non-hydrogen) atoms. The van der Waals surface area contributed by atoms with Gasteiger partial charge < -0.3 is 5.11 Å². The molecule has 0 aliphatic rings. The molecule has 0 spiro atoms. The minimum absolute atomic E-state index is 0.299. The molecular formula is C16H17NO4S. The van der Waals surface area contributed by atoms with Gasteiger partial charge in [-0.25, -0.2) is 13.2 Å². The second-order valence-corrected chi connectivity index (χ2v) is 6.79. The summed E-state index contributed by atoms with van der Waals surface area (Å²) in [7, 11) is -3.31. The Kier molecular flexibility index (Phi) is 4.82. The molecule has 0 heterocycles. The van der Waals surface area contributed by atoms with Gasteiger partial charge in [0.2, 0.25) is 10.0 Å². The van der Waals surface area contributed by atoms with Crippen molar-refractivity contribution in [2.75, 3.05) is 11.0 Å². The summed E-state index contributed by atoms with van der Waals surface area (Å²) in [6, 6.07) is 14.0. The molecule has 2 aromatic carbocycles. The minimum atomic E-state index is -3.31. The summed E-state index contributed by atoms with van der Waals surface area (Å²) in [5.74, 6) is -0.942. The van der Waals surface area contributed by atoms with Gasteiger partial charge in [0.05, 0.1) is 11.8 Å². The zero-order valence-corrected chi connectivity index (χ0v) is 12.9. The Morgan fingerprint density at radius 2 is 1.82 bits per heavy atom. The highest BCUT2D eigenvalue weighted by molar-refractivity contribution is 7.92. The molecule has 0 atom stereocenters. The Bertz CT molecular complexity index is 784. The highest BCUT2D eigenvalue weighted by atomic mass is 32.2. The molecule has 0 unspecified atom stereocenters. The fourth-order valence-electron chi connectivity index (χ4n) is 2.23. The van der Waals surface area contributed by atoms with Crippen LogP contribution >= 0.6 is 0 Å². The van der Waals surface area contributed by atoms with Crippen LogP contribution in [0.4, 0.5) is 5.69 Å². The van der Waals surface area contributed by atoms with Crippen molar-refractivity contribution in [1.29, 1.82) is 0 Å². The van der Waals surface area contributed by atoms with E-state index in [0.29, 0.717) is 24.1 Å². The third-order valence-electron chi connectivity index (χ3n) is 3.16. The lowest BCUT2D eigenvalue weighted by Gasteiger charge is -2.08. The van der Waals surface area contributed by atoms with Crippen LogP contribution < -0.4 is 4.72 Å². The van der Waals surface area contributed by atoms with Crippen molar-refractivity contribution in [1.82, 2.24) is 0 Å². The van der Waals surface area contributed by atoms with Gasteiger partial charge >= 0.3 is 5.97 Å². The highest BCUT2D eigenvalue weighted by Gasteiger charge is 2.09. The number of carbonyl (C=O) groups is 1. The summed E-state index contributed by atoms with van der Waals surface area (Å²) in [5.41, 5.74) is 2.50. The Morgan fingerprint density at radius 1 is 1.09 bits per heavy atom. The molecule has 6 heteroatoms. The number of nitrogens with one attached hydrogen (secondary N) is 1. The SMILES string of the molecule is CS(=O)(=O)Nc1cccc(CCc2ccccc2C(=O)O)c1. The zero-order chi connectivity index (χ0) is 16.2. The first-order valence-corrected chi connectivity index (χ1v) is 8.62. The number of hydrogen-bond acceptors (Lipinski definition) is 3. The van der Waals surface area contributed by atoms with Gasteiger partial charge in [0.1, 0.15) is 0 Å². The maximum Gasteiger partial charge on any atom is 0.335 e. The van der Waals surface area contributed by atoms with Crippen LogP contribution in [0, 0.1) is 0 Å². The van der Waals surface area contributed by atoms with Gasteiger partial charge in [-0.1, -0.05) is 30.3 Å². The van der Waals surface area contributed by atoms with Crippen molar-refractivity contribution in [2.45, 2.75) is 12.8 Å². The molecule has 0 saturated heterocycles. The van der Waals surface area contributed by atoms with E-state index in [4.69, 9.17) is 5.11 Å². The molecule has 0 saturated carbocycles. The smallest absolute Gasteiger partial charge is 0.335 e. The van der Waals surface area contributed by atoms with Gasteiger partial charge in [0.15, 0.2) is 0 Å². The number of sulfonamides is 1. The van der Waals surface area contributed by atoms with Crippen LogP contribution in [0.5, 0.6) is 0 Å². The van der Waals surface area contributed by atoms with Crippen molar-refractivity contribution in [3.63, 3.8) is 0 Å². The summed E-state index contributed by atoms with van der Waals surface area (Å²) in [6.07, 6.45) is 2.30. The van der Waals surface area contributed by atoms with E-state index in [1.165, 1.54) is 0 Å². The van der Waals surface area contributed by atoms with E-state index in [9.17, 15) is 13.2 Å². The Labute approximate surface area is 129 Å². The molecule has 2 rings (SSSR count). The van der Waals surface area contributed by atoms with Gasteiger partial charge in [-0.2, -0.15) is 0 Å². The van der Waals surface area contributed by atoms with Gasteiger partial charge in [-0.15, -0.1) is 0 Å². The zero-order valence-electron chi connectivity index (χ0n) is 12.1. The number of carboxylic acid groups (broad SMARTS) is 1. The molecule has 0 aromatic heterocycles. The molecule has 0 fully saturated rings. The van der Waals surface area contributed by atoms with Crippen LogP contribution in [0.15, 0.2) is 48.5 Å². The maximum absolute atomic E-state index is 11.2. The molecule has 0 bridgehead atoms. The van der Waals surface area contributed by atoms with Crippen molar-refractivity contribution in [3.05, 3.63) is 65.2 Å². The maximum atomic E-state index is 11.2. The third kappa shape index (κ3) is 4.60. The number of carboxylic acids is 1. The summed E-state index contributed by atoms with van der Waals surface area (Å²) in [6.45, 7) is 0. The molecule has 0 radical (unpaired) electrons. The second-order valence-electron chi connectivity index (χ2n) is 5.04. The highest BCUT2D eigenvalue weighted by Crippen LogP contribution is 2.16. The topological polar surface area (TPSA) is 83.5 Å². The number of benzene rings is 2. The lowest BCUT2D eigenvalue weighted by molar-refractivity contribution is 0.0695. The van der Waals surface area contributed by atoms with Crippen LogP contribution in [0.25, 0.3) is 0 Å². The average Bonchev–Trinajstić information content (AvgIpc) is 2.44. The first kappa shape index (κ1) is 16.0. The number of hydrogen-bond donors (Lipinski definition) is 2. The van der Waals surface area contributed by atoms with Crippen molar-refractivity contribution in [3.8, 4) is 0 Å². The summed E-state index contributed by atoms with van der Waals surface area (Å²) in [5, 5.41) is 9.16. The molecule has 0 amide bonds. The summed E-state index contributed by atoms with van der Waals surface area (Å²) >= 11 is 0. The molecule has 0 aliphatic heterocycles. The Morgan fingerprint density at radius 3 is 2.50 bits per heavy atom. The van der Waals surface area contributed by atoms with Crippen LogP contribution in [0.3, 0.4) is 0 Å². The van der Waals surface area contributed by atoms with E-state index >= 15 is 0 Å². The van der Waals surface area contributed by atoms with Crippen LogP contribution in [0.2, 0.25) is 0 Å². The fourth-order valence-corrected chi connectivity index (χ4v) is 2.79. The van der Waals surface area contributed by atoms with Gasteiger partial charge in [-0.3, -0.25) is 4.72 Å². The van der Waals surface area contributed by atoms with E-state index in [1.807, 2.05) is 12.1 Å². The van der Waals surface area contributed by atoms with Crippen molar-refractivity contribution in [2.24, 2.45) is 0 Å². The molecule has 2 N–H and O–H groups in total. The van der Waals surface area contributed by atoms with E-state index in [2.05, 4.69) is 4.72 Å². The summed E-state index contributed by atoms with van der Waals surface area (Å²) in [4.78, 5) is 11.2. The van der Waals surface area contributed by atoms with Crippen molar-refractivity contribution >= 4 is 21.7 Å². The predicted octanol–water partition coefficient (Wildman–Crippen LogP) is 2.54. The molecule has 0 aliphatic carbocycles. The quantitative estimate of drug-likeness (QED) is 0.857. The van der Waals surface area contributed by atoms with Gasteiger partial charge in [-0.05, 0) is 42.2 Å². The number of aromatic carboxylic acids is 1. The monoisotopic (exact) mass is 319 g/mol. The van der Waals surface area contributed by atoms with Crippen LogP contribution in [0.1, 0.15) is 21.5 Å². The number of anilines is 1. The van der Waals surface area contributed by atoms with E-state index in [1.54, 1.807) is 36.4 Å². The number of aryl methyl sites for hydroxylation is 2. The lowest BCUT2D eigenvalue weighted by atomic mass is 10.00. The van der Waals surface area contributed by atoms with E-state index in [0.717, 1.165) is 17.4 Å². The minimum Gasteiger partial charge on any atom is -0.478 e. The Hall–Kier alpha value is -2.34. The Balaban J connectivity index is 2.12. The van der Waals surface area contributed by atoms with E-state index < -0.39 is 16.0 Å². The van der Waals surface area contributed by atoms with Gasteiger partial charge in [0.25, 0.3) is 0 Å². The largest absolute Gasteiger partial charge is 0.478 e. The van der Waals surface area contributed by atoms with Crippen molar-refractivity contribution < 1.29 is 18.3 Å². The first-order chi connectivity index (χ1) is 10.3. The second kappa shape index (κ2) is 6.62.